The molecule has 106 valence electrons. The Kier molecular flexibility index (Phi) is 6.54. The van der Waals surface area contributed by atoms with Crippen LogP contribution in [-0.2, 0) is 0 Å². The van der Waals surface area contributed by atoms with Gasteiger partial charge in [0.2, 0.25) is 0 Å². The van der Waals surface area contributed by atoms with Crippen molar-refractivity contribution in [3.63, 3.8) is 0 Å². The molecule has 3 heteroatoms. The van der Waals surface area contributed by atoms with Crippen LogP contribution in [-0.4, -0.2) is 12.4 Å². The molecule has 1 aromatic carbocycles. The third-order valence-corrected chi connectivity index (χ3v) is 3.20. The number of carbonyl (C=O) groups is 1. The molecule has 1 rings (SSSR count). The van der Waals surface area contributed by atoms with Crippen LogP contribution in [0.1, 0.15) is 56.8 Å². The summed E-state index contributed by atoms with van der Waals surface area (Å²) in [5, 5.41) is 0. The second-order valence-electron chi connectivity index (χ2n) is 4.95. The zero-order chi connectivity index (χ0) is 14.3. The van der Waals surface area contributed by atoms with E-state index in [-0.39, 0.29) is 11.3 Å². The molecular formula is C16H23FO2. The average Bonchev–Trinajstić information content (AvgIpc) is 2.37. The highest BCUT2D eigenvalue weighted by Crippen LogP contribution is 2.20. The van der Waals surface area contributed by atoms with Crippen LogP contribution in [0.5, 0.6) is 5.75 Å². The van der Waals surface area contributed by atoms with E-state index in [2.05, 4.69) is 13.8 Å². The molecule has 0 fully saturated rings. The molecule has 0 aliphatic carbocycles. The quantitative estimate of drug-likeness (QED) is 0.641. The fourth-order valence-electron chi connectivity index (χ4n) is 2.21. The van der Waals surface area contributed by atoms with Gasteiger partial charge in [-0.15, -0.1) is 0 Å². The van der Waals surface area contributed by atoms with Gasteiger partial charge < -0.3 is 4.74 Å². The van der Waals surface area contributed by atoms with E-state index in [1.165, 1.54) is 19.1 Å². The highest BCUT2D eigenvalue weighted by atomic mass is 19.1. The molecule has 19 heavy (non-hydrogen) atoms. The summed E-state index contributed by atoms with van der Waals surface area (Å²) >= 11 is 0. The Morgan fingerprint density at radius 3 is 2.42 bits per heavy atom. The number of ether oxygens (including phenoxy) is 1. The molecule has 0 aliphatic heterocycles. The minimum Gasteiger partial charge on any atom is -0.493 e. The van der Waals surface area contributed by atoms with Gasteiger partial charge in [-0.2, -0.15) is 0 Å². The molecule has 1 aromatic rings. The lowest BCUT2D eigenvalue weighted by atomic mass is 9.99. The number of halogens is 1. The number of carbonyl (C=O) groups excluding carboxylic acids is 1. The summed E-state index contributed by atoms with van der Waals surface area (Å²) in [4.78, 5) is 11.3. The van der Waals surface area contributed by atoms with Crippen LogP contribution in [0.4, 0.5) is 4.39 Å². The molecule has 2 nitrogen and oxygen atoms in total. The zero-order valence-corrected chi connectivity index (χ0v) is 12.0. The topological polar surface area (TPSA) is 26.3 Å². The van der Waals surface area contributed by atoms with Crippen LogP contribution in [0, 0.1) is 11.7 Å². The van der Waals surface area contributed by atoms with Crippen LogP contribution >= 0.6 is 0 Å². The van der Waals surface area contributed by atoms with Crippen molar-refractivity contribution in [3.8, 4) is 5.75 Å². The molecule has 0 N–H and O–H groups in total. The predicted octanol–water partition coefficient (Wildman–Crippen LogP) is 4.62. The van der Waals surface area contributed by atoms with Crippen molar-refractivity contribution < 1.29 is 13.9 Å². The van der Waals surface area contributed by atoms with Gasteiger partial charge in [0.1, 0.15) is 11.6 Å². The number of ketones is 1. The van der Waals surface area contributed by atoms with Crippen LogP contribution in [0.2, 0.25) is 0 Å². The average molecular weight is 266 g/mol. The van der Waals surface area contributed by atoms with Gasteiger partial charge >= 0.3 is 0 Å². The van der Waals surface area contributed by atoms with E-state index in [0.717, 1.165) is 25.7 Å². The summed E-state index contributed by atoms with van der Waals surface area (Å²) in [5.74, 6) is 0.338. The molecule has 0 bridgehead atoms. The summed E-state index contributed by atoms with van der Waals surface area (Å²) in [6, 6.07) is 4.37. The van der Waals surface area contributed by atoms with Crippen molar-refractivity contribution in [2.75, 3.05) is 6.61 Å². The second kappa shape index (κ2) is 7.93. The Morgan fingerprint density at radius 1 is 1.26 bits per heavy atom. The predicted molar refractivity (Wildman–Crippen MR) is 75.2 cm³/mol. The van der Waals surface area contributed by atoms with Gasteiger partial charge in [0, 0.05) is 0 Å². The van der Waals surface area contributed by atoms with E-state index >= 15 is 0 Å². The number of Topliss-reactive ketones (excluding diaryl/α,β-unsaturated/α-hetero) is 1. The monoisotopic (exact) mass is 266 g/mol. The van der Waals surface area contributed by atoms with Gasteiger partial charge in [-0.25, -0.2) is 4.39 Å². The zero-order valence-electron chi connectivity index (χ0n) is 12.0. The summed E-state index contributed by atoms with van der Waals surface area (Å²) < 4.78 is 19.1. The van der Waals surface area contributed by atoms with Crippen LogP contribution < -0.4 is 4.74 Å². The maximum atomic E-state index is 13.4. The van der Waals surface area contributed by atoms with Crippen molar-refractivity contribution in [3.05, 3.63) is 29.6 Å². The molecule has 0 atom stereocenters. The first-order valence-corrected chi connectivity index (χ1v) is 7.01. The van der Waals surface area contributed by atoms with E-state index in [1.54, 1.807) is 6.07 Å². The second-order valence-corrected chi connectivity index (χ2v) is 4.95. The highest BCUT2D eigenvalue weighted by Gasteiger charge is 2.11. The minimum absolute atomic E-state index is 0.0973. The van der Waals surface area contributed by atoms with Crippen molar-refractivity contribution in [1.82, 2.24) is 0 Å². The smallest absolute Gasteiger partial charge is 0.162 e. The van der Waals surface area contributed by atoms with E-state index < -0.39 is 5.82 Å². The lowest BCUT2D eigenvalue weighted by Gasteiger charge is -2.16. The number of hydrogen-bond acceptors (Lipinski definition) is 2. The van der Waals surface area contributed by atoms with E-state index in [4.69, 9.17) is 4.74 Å². The largest absolute Gasteiger partial charge is 0.493 e. The van der Waals surface area contributed by atoms with Crippen LogP contribution in [0.3, 0.4) is 0 Å². The Morgan fingerprint density at radius 2 is 1.89 bits per heavy atom. The third-order valence-electron chi connectivity index (χ3n) is 3.20. The molecule has 0 aromatic heterocycles. The van der Waals surface area contributed by atoms with Crippen molar-refractivity contribution in [2.24, 2.45) is 5.92 Å². The van der Waals surface area contributed by atoms with Gasteiger partial charge in [0.25, 0.3) is 0 Å². The van der Waals surface area contributed by atoms with Gasteiger partial charge in [-0.05, 0) is 43.9 Å². The lowest BCUT2D eigenvalue weighted by Crippen LogP contribution is -2.12. The minimum atomic E-state index is -0.487. The van der Waals surface area contributed by atoms with Crippen LogP contribution in [0.25, 0.3) is 0 Å². The summed E-state index contributed by atoms with van der Waals surface area (Å²) in [7, 11) is 0. The Balaban J connectivity index is 2.66. The summed E-state index contributed by atoms with van der Waals surface area (Å²) in [5.41, 5.74) is 0.0973. The molecule has 0 saturated carbocycles. The maximum Gasteiger partial charge on any atom is 0.162 e. The Bertz CT molecular complexity index is 409. The standard InChI is InChI=1S/C16H23FO2/c1-4-6-13(7-5-2)11-19-14-8-9-16(17)15(10-14)12(3)18/h8-10,13H,4-7,11H2,1-3H3. The maximum absolute atomic E-state index is 13.4. The molecule has 0 aliphatic rings. The summed E-state index contributed by atoms with van der Waals surface area (Å²) in [6.07, 6.45) is 4.54. The highest BCUT2D eigenvalue weighted by molar-refractivity contribution is 5.94. The summed E-state index contributed by atoms with van der Waals surface area (Å²) in [6.45, 7) is 6.31. The molecule has 0 unspecified atom stereocenters. The van der Waals surface area contributed by atoms with Gasteiger partial charge in [0.05, 0.1) is 12.2 Å². The lowest BCUT2D eigenvalue weighted by molar-refractivity contribution is 0.101. The molecule has 0 amide bonds. The van der Waals surface area contributed by atoms with E-state index in [1.807, 2.05) is 0 Å². The van der Waals surface area contributed by atoms with Gasteiger partial charge in [-0.3, -0.25) is 4.79 Å². The van der Waals surface area contributed by atoms with Crippen molar-refractivity contribution in [2.45, 2.75) is 46.5 Å². The molecular weight excluding hydrogens is 243 g/mol. The third kappa shape index (κ3) is 5.01. The molecule has 0 radical (unpaired) electrons. The first-order chi connectivity index (χ1) is 9.08. The van der Waals surface area contributed by atoms with Gasteiger partial charge in [-0.1, -0.05) is 26.7 Å². The Hall–Kier alpha value is -1.38. The number of rotatable bonds is 8. The fourth-order valence-corrected chi connectivity index (χ4v) is 2.21. The Labute approximate surface area is 115 Å². The molecule has 0 heterocycles. The number of hydrogen-bond donors (Lipinski definition) is 0. The van der Waals surface area contributed by atoms with Crippen LogP contribution in [0.15, 0.2) is 18.2 Å². The normalized spacial score (nSPS) is 10.8. The first-order valence-electron chi connectivity index (χ1n) is 7.01. The van der Waals surface area contributed by atoms with Crippen molar-refractivity contribution >= 4 is 5.78 Å². The molecule has 0 saturated heterocycles. The van der Waals surface area contributed by atoms with Gasteiger partial charge in [0.15, 0.2) is 5.78 Å². The first kappa shape index (κ1) is 15.7. The van der Waals surface area contributed by atoms with E-state index in [0.29, 0.717) is 18.3 Å². The SMILES string of the molecule is CCCC(CCC)COc1ccc(F)c(C(C)=O)c1. The fraction of sp³-hybridized carbons (Fsp3) is 0.562. The van der Waals surface area contributed by atoms with Crippen molar-refractivity contribution in [1.29, 1.82) is 0 Å². The number of benzene rings is 1. The molecule has 0 spiro atoms. The van der Waals surface area contributed by atoms with E-state index in [9.17, 15) is 9.18 Å².